The Labute approximate surface area is 181 Å². The molecule has 4 aromatic rings. The van der Waals surface area contributed by atoms with Crippen LogP contribution in [0, 0.1) is 0 Å². The lowest BCUT2D eigenvalue weighted by atomic mass is 9.91. The lowest BCUT2D eigenvalue weighted by Crippen LogP contribution is -2.39. The van der Waals surface area contributed by atoms with Crippen LogP contribution in [0.25, 0.3) is 10.9 Å². The largest absolute Gasteiger partial charge is 0.280 e. The van der Waals surface area contributed by atoms with Crippen LogP contribution in [0.15, 0.2) is 89.7 Å². The van der Waals surface area contributed by atoms with Crippen LogP contribution in [-0.4, -0.2) is 15.6 Å². The number of nitrogens with one attached hydrogen (secondary N) is 1. The highest BCUT2D eigenvalue weighted by Gasteiger charge is 2.24. The monoisotopic (exact) mass is 411 g/mol. The van der Waals surface area contributed by atoms with Crippen molar-refractivity contribution < 1.29 is 4.79 Å². The summed E-state index contributed by atoms with van der Waals surface area (Å²) in [5, 5.41) is 0.478. The molecule has 0 spiro atoms. The fraction of sp³-hybridized carbons (Fsp3) is 0.192. The van der Waals surface area contributed by atoms with Gasteiger partial charge in [-0.25, -0.2) is 9.66 Å². The van der Waals surface area contributed by atoms with Gasteiger partial charge in [-0.1, -0.05) is 86.6 Å². The third-order valence-electron chi connectivity index (χ3n) is 5.34. The fourth-order valence-corrected chi connectivity index (χ4v) is 3.73. The van der Waals surface area contributed by atoms with Crippen LogP contribution < -0.4 is 11.0 Å². The van der Waals surface area contributed by atoms with E-state index in [0.29, 0.717) is 23.1 Å². The molecule has 31 heavy (non-hydrogen) atoms. The van der Waals surface area contributed by atoms with Crippen molar-refractivity contribution in [3.05, 3.63) is 112 Å². The topological polar surface area (TPSA) is 64.0 Å². The Morgan fingerprint density at radius 3 is 2.19 bits per heavy atom. The number of hydrogen-bond donors (Lipinski definition) is 1. The average molecular weight is 412 g/mol. The number of aromatic nitrogens is 2. The number of carbonyl (C=O) groups excluding carboxylic acids is 1. The maximum atomic E-state index is 13.5. The van der Waals surface area contributed by atoms with Gasteiger partial charge >= 0.3 is 0 Å². The summed E-state index contributed by atoms with van der Waals surface area (Å²) in [5.41, 5.74) is 5.19. The zero-order valence-corrected chi connectivity index (χ0v) is 17.7. The van der Waals surface area contributed by atoms with Crippen LogP contribution in [0.5, 0.6) is 0 Å². The Hall–Kier alpha value is -3.73. The van der Waals surface area contributed by atoms with E-state index in [-0.39, 0.29) is 17.4 Å². The fourth-order valence-electron chi connectivity index (χ4n) is 3.73. The van der Waals surface area contributed by atoms with Gasteiger partial charge in [-0.2, -0.15) is 0 Å². The van der Waals surface area contributed by atoms with Crippen LogP contribution in [0.3, 0.4) is 0 Å². The summed E-state index contributed by atoms with van der Waals surface area (Å²) in [6.07, 6.45) is 0.531. The molecule has 1 aromatic heterocycles. The van der Waals surface area contributed by atoms with E-state index in [0.717, 1.165) is 11.1 Å². The molecule has 4 rings (SSSR count). The Morgan fingerprint density at radius 2 is 1.52 bits per heavy atom. The van der Waals surface area contributed by atoms with E-state index in [1.807, 2.05) is 86.6 Å². The molecule has 0 saturated heterocycles. The maximum Gasteiger partial charge on any atom is 0.280 e. The third kappa shape index (κ3) is 4.40. The molecule has 0 aliphatic heterocycles. The molecule has 5 heteroatoms. The molecule has 1 atom stereocenters. The Bertz CT molecular complexity index is 1250. The van der Waals surface area contributed by atoms with Gasteiger partial charge < -0.3 is 0 Å². The number of hydrogen-bond acceptors (Lipinski definition) is 3. The zero-order valence-electron chi connectivity index (χ0n) is 17.7. The summed E-state index contributed by atoms with van der Waals surface area (Å²) < 4.78 is 1.32. The van der Waals surface area contributed by atoms with Crippen molar-refractivity contribution in [2.24, 2.45) is 0 Å². The third-order valence-corrected chi connectivity index (χ3v) is 5.34. The molecule has 0 bridgehead atoms. The molecular weight excluding hydrogens is 386 g/mol. The van der Waals surface area contributed by atoms with Crippen molar-refractivity contribution in [3.8, 4) is 0 Å². The number of rotatable bonds is 6. The first-order valence-electron chi connectivity index (χ1n) is 10.5. The van der Waals surface area contributed by atoms with E-state index in [1.165, 1.54) is 4.68 Å². The van der Waals surface area contributed by atoms with E-state index < -0.39 is 5.92 Å². The summed E-state index contributed by atoms with van der Waals surface area (Å²) in [7, 11) is 0. The van der Waals surface area contributed by atoms with Crippen LogP contribution >= 0.6 is 0 Å². The van der Waals surface area contributed by atoms with Crippen molar-refractivity contribution >= 4 is 16.8 Å². The van der Waals surface area contributed by atoms with Gasteiger partial charge in [0.25, 0.3) is 5.56 Å². The first-order chi connectivity index (χ1) is 15.0. The smallest absolute Gasteiger partial charge is 0.273 e. The minimum atomic E-state index is -0.443. The van der Waals surface area contributed by atoms with Gasteiger partial charge in [-0.15, -0.1) is 0 Å². The molecule has 0 radical (unpaired) electrons. The van der Waals surface area contributed by atoms with Gasteiger partial charge in [0.15, 0.2) is 0 Å². The quantitative estimate of drug-likeness (QED) is 0.504. The van der Waals surface area contributed by atoms with E-state index in [1.54, 1.807) is 12.1 Å². The van der Waals surface area contributed by atoms with Crippen molar-refractivity contribution in [2.75, 3.05) is 5.43 Å². The first kappa shape index (κ1) is 20.5. The lowest BCUT2D eigenvalue weighted by Gasteiger charge is -2.21. The second-order valence-electron chi connectivity index (χ2n) is 7.91. The van der Waals surface area contributed by atoms with E-state index >= 15 is 0 Å². The van der Waals surface area contributed by atoms with Gasteiger partial charge in [0.2, 0.25) is 5.91 Å². The molecule has 5 nitrogen and oxygen atoms in total. The second kappa shape index (κ2) is 8.96. The molecule has 1 N–H and O–H groups in total. The Balaban J connectivity index is 1.75. The summed E-state index contributed by atoms with van der Waals surface area (Å²) in [4.78, 5) is 31.3. The van der Waals surface area contributed by atoms with Crippen molar-refractivity contribution in [1.82, 2.24) is 9.66 Å². The summed E-state index contributed by atoms with van der Waals surface area (Å²) in [6.45, 7) is 3.91. The lowest BCUT2D eigenvalue weighted by molar-refractivity contribution is -0.118. The van der Waals surface area contributed by atoms with Crippen molar-refractivity contribution in [3.63, 3.8) is 0 Å². The van der Waals surface area contributed by atoms with Gasteiger partial charge in [0.1, 0.15) is 5.82 Å². The van der Waals surface area contributed by atoms with Gasteiger partial charge in [0, 0.05) is 5.92 Å². The molecule has 0 aliphatic carbocycles. The molecule has 0 aliphatic rings. The van der Waals surface area contributed by atoms with Gasteiger partial charge in [-0.3, -0.25) is 15.0 Å². The van der Waals surface area contributed by atoms with Crippen LogP contribution in [0.2, 0.25) is 0 Å². The Kier molecular flexibility index (Phi) is 5.94. The van der Waals surface area contributed by atoms with Crippen molar-refractivity contribution in [2.45, 2.75) is 32.1 Å². The standard InChI is InChI=1S/C26H25N3O2/c1-18(2)24-27-23-16-10-9-15-21(23)26(31)29(24)28-25(30)22(20-13-7-4-8-14-20)17-19-11-5-3-6-12-19/h3-16,18,22H,17H2,1-2H3,(H,28,30). The summed E-state index contributed by atoms with van der Waals surface area (Å²) in [6, 6.07) is 26.7. The highest BCUT2D eigenvalue weighted by molar-refractivity contribution is 5.91. The number of nitrogens with zero attached hydrogens (tertiary/aromatic N) is 2. The SMILES string of the molecule is CC(C)c1nc2ccccc2c(=O)n1NC(=O)C(Cc1ccccc1)c1ccccc1. The molecule has 156 valence electrons. The van der Waals surface area contributed by atoms with Crippen molar-refractivity contribution in [1.29, 1.82) is 0 Å². The minimum Gasteiger partial charge on any atom is -0.273 e. The molecule has 3 aromatic carbocycles. The molecule has 1 amide bonds. The predicted octanol–water partition coefficient (Wildman–Crippen LogP) is 4.62. The minimum absolute atomic E-state index is 0.0399. The van der Waals surface area contributed by atoms with E-state index in [2.05, 4.69) is 10.4 Å². The maximum absolute atomic E-state index is 13.5. The normalized spacial score (nSPS) is 12.1. The van der Waals surface area contributed by atoms with Crippen LogP contribution in [-0.2, 0) is 11.2 Å². The first-order valence-corrected chi connectivity index (χ1v) is 10.5. The van der Waals surface area contributed by atoms with E-state index in [4.69, 9.17) is 0 Å². The van der Waals surface area contributed by atoms with Crippen LogP contribution in [0.1, 0.15) is 42.6 Å². The number of fused-ring (bicyclic) bond motifs is 1. The number of amides is 1. The predicted molar refractivity (Wildman–Crippen MR) is 124 cm³/mol. The number of benzene rings is 3. The Morgan fingerprint density at radius 1 is 0.903 bits per heavy atom. The molecule has 1 unspecified atom stereocenters. The highest BCUT2D eigenvalue weighted by Crippen LogP contribution is 2.22. The average Bonchev–Trinajstić information content (AvgIpc) is 2.80. The van der Waals surface area contributed by atoms with Gasteiger partial charge in [0.05, 0.1) is 16.8 Å². The molecule has 0 fully saturated rings. The van der Waals surface area contributed by atoms with Gasteiger partial charge in [-0.05, 0) is 29.7 Å². The van der Waals surface area contributed by atoms with E-state index in [9.17, 15) is 9.59 Å². The molecule has 1 heterocycles. The molecular formula is C26H25N3O2. The summed E-state index contributed by atoms with van der Waals surface area (Å²) >= 11 is 0. The zero-order chi connectivity index (χ0) is 21.8. The number of para-hydroxylation sites is 1. The molecule has 0 saturated carbocycles. The second-order valence-corrected chi connectivity index (χ2v) is 7.91. The summed E-state index contributed by atoms with van der Waals surface area (Å²) in [5.74, 6) is -0.191. The number of carbonyl (C=O) groups is 1. The van der Waals surface area contributed by atoms with Crippen LogP contribution in [0.4, 0.5) is 0 Å². The highest BCUT2D eigenvalue weighted by atomic mass is 16.2.